The first-order valence-corrected chi connectivity index (χ1v) is 7.21. The number of likely N-dealkylation sites (tertiary alicyclic amines) is 1. The predicted molar refractivity (Wildman–Crippen MR) is 79.8 cm³/mol. The number of phenols is 1. The van der Waals surface area contributed by atoms with E-state index in [2.05, 4.69) is 10.5 Å². The molecule has 1 aliphatic rings. The molecule has 0 radical (unpaired) electrons. The summed E-state index contributed by atoms with van der Waals surface area (Å²) in [6.07, 6.45) is 5.19. The lowest BCUT2D eigenvalue weighted by molar-refractivity contribution is -0.896. The molecule has 1 heterocycles. The summed E-state index contributed by atoms with van der Waals surface area (Å²) >= 11 is 0. The van der Waals surface area contributed by atoms with Gasteiger partial charge in [0.05, 0.1) is 26.4 Å². The average molecular weight is 292 g/mol. The lowest BCUT2D eigenvalue weighted by atomic mass is 10.1. The summed E-state index contributed by atoms with van der Waals surface area (Å²) in [7, 11) is 1.49. The number of nitrogens with zero attached hydrogens (tertiary/aromatic N) is 1. The van der Waals surface area contributed by atoms with Crippen molar-refractivity contribution < 1.29 is 19.5 Å². The Hall–Kier alpha value is -2.08. The minimum Gasteiger partial charge on any atom is -0.504 e. The lowest BCUT2D eigenvalue weighted by Gasteiger charge is -2.22. The first-order chi connectivity index (χ1) is 10.2. The fourth-order valence-corrected chi connectivity index (χ4v) is 2.45. The van der Waals surface area contributed by atoms with Crippen LogP contribution in [0.1, 0.15) is 24.8 Å². The summed E-state index contributed by atoms with van der Waals surface area (Å²) in [5.41, 5.74) is 3.28. The highest BCUT2D eigenvalue weighted by Gasteiger charge is 2.16. The van der Waals surface area contributed by atoms with Crippen LogP contribution in [0, 0.1) is 0 Å². The molecule has 0 aromatic heterocycles. The Morgan fingerprint density at radius 3 is 2.90 bits per heavy atom. The third-order valence-corrected chi connectivity index (χ3v) is 3.58. The smallest absolute Gasteiger partial charge is 0.295 e. The summed E-state index contributed by atoms with van der Waals surface area (Å²) in [4.78, 5) is 13.1. The van der Waals surface area contributed by atoms with E-state index in [0.29, 0.717) is 12.3 Å². The van der Waals surface area contributed by atoms with E-state index in [4.69, 9.17) is 4.74 Å². The summed E-state index contributed by atoms with van der Waals surface area (Å²) in [5, 5.41) is 13.4. The molecule has 0 unspecified atom stereocenters. The first kappa shape index (κ1) is 15.3. The number of phenolic OH excluding ortho intramolecular Hbond substituents is 1. The maximum Gasteiger partial charge on any atom is 0.295 e. The molecule has 1 saturated heterocycles. The van der Waals surface area contributed by atoms with Gasteiger partial charge in [-0.15, -0.1) is 0 Å². The minimum absolute atomic E-state index is 0.0751. The maximum absolute atomic E-state index is 11.8. The van der Waals surface area contributed by atoms with Crippen LogP contribution in [0.5, 0.6) is 11.5 Å². The number of nitrogens with one attached hydrogen (secondary N) is 2. The number of hydrogen-bond donors (Lipinski definition) is 3. The minimum atomic E-state index is -0.0751. The van der Waals surface area contributed by atoms with Crippen LogP contribution >= 0.6 is 0 Å². The number of carbonyl (C=O) groups excluding carboxylic acids is 1. The standard InChI is InChI=1S/C15H21N3O3/c1-21-14-9-12(5-6-13(14)19)10-16-17-15(20)11-18-7-3-2-4-8-18/h5-6,9-10,19H,2-4,7-8,11H2,1H3,(H,17,20)/p+1/b16-10+. The molecule has 2 rings (SSSR count). The van der Waals surface area contributed by atoms with Gasteiger partial charge in [-0.1, -0.05) is 0 Å². The quantitative estimate of drug-likeness (QED) is 0.525. The fraction of sp³-hybridized carbons (Fsp3) is 0.467. The Kier molecular flexibility index (Phi) is 5.57. The SMILES string of the molecule is COc1cc(/C=N/NC(=O)C[NH+]2CCCCC2)ccc1O. The molecule has 3 N–H and O–H groups in total. The highest BCUT2D eigenvalue weighted by molar-refractivity contribution is 5.83. The highest BCUT2D eigenvalue weighted by Crippen LogP contribution is 2.25. The van der Waals surface area contributed by atoms with E-state index in [1.54, 1.807) is 12.1 Å². The molecule has 0 spiro atoms. The van der Waals surface area contributed by atoms with Gasteiger partial charge >= 0.3 is 0 Å². The molecule has 0 atom stereocenters. The summed E-state index contributed by atoms with van der Waals surface area (Å²) in [5.74, 6) is 0.379. The topological polar surface area (TPSA) is 75.4 Å². The maximum atomic E-state index is 11.8. The van der Waals surface area contributed by atoms with Crippen molar-refractivity contribution in [3.05, 3.63) is 23.8 Å². The second-order valence-electron chi connectivity index (χ2n) is 5.21. The van der Waals surface area contributed by atoms with Crippen molar-refractivity contribution in [3.63, 3.8) is 0 Å². The Morgan fingerprint density at radius 1 is 1.43 bits per heavy atom. The first-order valence-electron chi connectivity index (χ1n) is 7.21. The number of piperidine rings is 1. The number of aromatic hydroxyl groups is 1. The third kappa shape index (κ3) is 4.75. The van der Waals surface area contributed by atoms with Gasteiger partial charge in [0.2, 0.25) is 0 Å². The van der Waals surface area contributed by atoms with E-state index in [9.17, 15) is 9.90 Å². The number of methoxy groups -OCH3 is 1. The van der Waals surface area contributed by atoms with Crippen molar-refractivity contribution in [2.45, 2.75) is 19.3 Å². The fourth-order valence-electron chi connectivity index (χ4n) is 2.45. The molecule has 1 fully saturated rings. The van der Waals surface area contributed by atoms with E-state index in [-0.39, 0.29) is 11.7 Å². The Morgan fingerprint density at radius 2 is 2.19 bits per heavy atom. The van der Waals surface area contributed by atoms with Gasteiger partial charge in [-0.25, -0.2) is 5.43 Å². The van der Waals surface area contributed by atoms with Crippen LogP contribution in [0.3, 0.4) is 0 Å². The van der Waals surface area contributed by atoms with E-state index >= 15 is 0 Å². The molecular weight excluding hydrogens is 270 g/mol. The number of ether oxygens (including phenoxy) is 1. The molecule has 1 aromatic carbocycles. The van der Waals surface area contributed by atoms with Crippen molar-refractivity contribution in [1.29, 1.82) is 0 Å². The third-order valence-electron chi connectivity index (χ3n) is 3.58. The molecule has 1 aliphatic heterocycles. The van der Waals surface area contributed by atoms with Crippen molar-refractivity contribution >= 4 is 12.1 Å². The highest BCUT2D eigenvalue weighted by atomic mass is 16.5. The van der Waals surface area contributed by atoms with Crippen LogP contribution in [0.25, 0.3) is 0 Å². The van der Waals surface area contributed by atoms with Crippen LogP contribution in [-0.4, -0.2) is 44.0 Å². The zero-order valence-corrected chi connectivity index (χ0v) is 12.3. The largest absolute Gasteiger partial charge is 0.504 e. The molecule has 0 bridgehead atoms. The average Bonchev–Trinajstić information content (AvgIpc) is 2.50. The molecule has 21 heavy (non-hydrogen) atoms. The Bertz CT molecular complexity index is 511. The molecule has 0 saturated carbocycles. The van der Waals surface area contributed by atoms with Crippen LogP contribution in [-0.2, 0) is 4.79 Å². The number of benzene rings is 1. The van der Waals surface area contributed by atoms with Gasteiger partial charge in [-0.3, -0.25) is 4.79 Å². The summed E-state index contributed by atoms with van der Waals surface area (Å²) < 4.78 is 5.01. The van der Waals surface area contributed by atoms with Crippen molar-refractivity contribution in [2.75, 3.05) is 26.7 Å². The van der Waals surface area contributed by atoms with Gasteiger partial charge in [0.25, 0.3) is 5.91 Å². The van der Waals surface area contributed by atoms with E-state index < -0.39 is 0 Å². The second-order valence-corrected chi connectivity index (χ2v) is 5.21. The van der Waals surface area contributed by atoms with Crippen LogP contribution in [0.2, 0.25) is 0 Å². The van der Waals surface area contributed by atoms with Crippen molar-refractivity contribution in [2.24, 2.45) is 5.10 Å². The number of quaternary nitrogens is 1. The number of hydrogen-bond acceptors (Lipinski definition) is 4. The number of rotatable bonds is 5. The normalized spacial score (nSPS) is 16.0. The second kappa shape index (κ2) is 7.64. The molecule has 114 valence electrons. The van der Waals surface area contributed by atoms with E-state index in [1.165, 1.54) is 43.6 Å². The zero-order chi connectivity index (χ0) is 15.1. The van der Waals surface area contributed by atoms with Crippen molar-refractivity contribution in [3.8, 4) is 11.5 Å². The number of carbonyl (C=O) groups is 1. The molecule has 6 heteroatoms. The van der Waals surface area contributed by atoms with E-state index in [1.807, 2.05) is 0 Å². The van der Waals surface area contributed by atoms with Gasteiger partial charge in [-0.2, -0.15) is 5.10 Å². The van der Waals surface area contributed by atoms with Crippen LogP contribution < -0.4 is 15.1 Å². The lowest BCUT2D eigenvalue weighted by Crippen LogP contribution is -3.13. The molecule has 1 aromatic rings. The summed E-state index contributed by atoms with van der Waals surface area (Å²) in [6, 6.07) is 4.88. The monoisotopic (exact) mass is 292 g/mol. The van der Waals surface area contributed by atoms with Gasteiger partial charge in [0.1, 0.15) is 0 Å². The van der Waals surface area contributed by atoms with Crippen molar-refractivity contribution in [1.82, 2.24) is 5.43 Å². The number of hydrazone groups is 1. The number of amides is 1. The Balaban J connectivity index is 1.82. The van der Waals surface area contributed by atoms with Gasteiger partial charge in [0.15, 0.2) is 18.0 Å². The van der Waals surface area contributed by atoms with E-state index in [0.717, 1.165) is 18.7 Å². The summed E-state index contributed by atoms with van der Waals surface area (Å²) in [6.45, 7) is 2.59. The Labute approximate surface area is 124 Å². The van der Waals surface area contributed by atoms with Crippen LogP contribution in [0.15, 0.2) is 23.3 Å². The van der Waals surface area contributed by atoms with Crippen LogP contribution in [0.4, 0.5) is 0 Å². The molecule has 1 amide bonds. The van der Waals surface area contributed by atoms with Gasteiger partial charge in [-0.05, 0) is 43.0 Å². The predicted octanol–water partition coefficient (Wildman–Crippen LogP) is -0.0803. The van der Waals surface area contributed by atoms with Gasteiger partial charge in [0, 0.05) is 0 Å². The van der Waals surface area contributed by atoms with Gasteiger partial charge < -0.3 is 14.7 Å². The molecule has 0 aliphatic carbocycles. The molecule has 6 nitrogen and oxygen atoms in total. The zero-order valence-electron chi connectivity index (χ0n) is 12.3. The molecular formula is C15H22N3O3+.